The van der Waals surface area contributed by atoms with Crippen molar-refractivity contribution < 1.29 is 13.6 Å². The lowest BCUT2D eigenvalue weighted by Gasteiger charge is -2.14. The lowest BCUT2D eigenvalue weighted by atomic mass is 10.1. The van der Waals surface area contributed by atoms with Crippen LogP contribution in [0.4, 0.5) is 0 Å². The number of sulfone groups is 1. The Bertz CT molecular complexity index is 508. The van der Waals surface area contributed by atoms with Crippen LogP contribution >= 0.6 is 11.6 Å². The molecule has 94 valence electrons. The summed E-state index contributed by atoms with van der Waals surface area (Å²) in [6, 6.07) is 6.50. The first-order valence-electron chi connectivity index (χ1n) is 5.07. The highest BCUT2D eigenvalue weighted by atomic mass is 35.5. The zero-order chi connectivity index (χ0) is 13.1. The van der Waals surface area contributed by atoms with Crippen molar-refractivity contribution in [1.82, 2.24) is 0 Å². The minimum Gasteiger partial charge on any atom is -0.411 e. The maximum absolute atomic E-state index is 11.6. The second-order valence-corrected chi connectivity index (χ2v) is 6.38. The number of hydrogen-bond acceptors (Lipinski definition) is 4. The van der Waals surface area contributed by atoms with Crippen LogP contribution < -0.4 is 0 Å². The van der Waals surface area contributed by atoms with Crippen molar-refractivity contribution in [3.8, 4) is 0 Å². The molecule has 1 rings (SSSR count). The molecular weight excluding hydrogens is 262 g/mol. The van der Waals surface area contributed by atoms with Gasteiger partial charge in [0, 0.05) is 16.8 Å². The molecule has 17 heavy (non-hydrogen) atoms. The molecule has 1 atom stereocenters. The molecule has 0 fully saturated rings. The average molecular weight is 276 g/mol. The van der Waals surface area contributed by atoms with Gasteiger partial charge in [0.05, 0.1) is 0 Å². The summed E-state index contributed by atoms with van der Waals surface area (Å²) in [5, 5.41) is 11.9. The van der Waals surface area contributed by atoms with E-state index in [0.29, 0.717) is 17.0 Å². The van der Waals surface area contributed by atoms with Crippen LogP contribution in [0.2, 0.25) is 5.02 Å². The largest absolute Gasteiger partial charge is 0.411 e. The number of halogens is 1. The van der Waals surface area contributed by atoms with Crippen LogP contribution in [0, 0.1) is 0 Å². The highest BCUT2D eigenvalue weighted by Gasteiger charge is 2.26. The molecular formula is C11H14ClNO3S. The fourth-order valence-electron chi connectivity index (χ4n) is 1.63. The maximum atomic E-state index is 11.6. The molecule has 0 amide bonds. The smallest absolute Gasteiger partial charge is 0.156 e. The molecule has 0 aromatic heterocycles. The van der Waals surface area contributed by atoms with Crippen LogP contribution in [0.5, 0.6) is 0 Å². The highest BCUT2D eigenvalue weighted by Crippen LogP contribution is 2.16. The van der Waals surface area contributed by atoms with Crippen LogP contribution in [-0.4, -0.2) is 30.8 Å². The van der Waals surface area contributed by atoms with Gasteiger partial charge in [0.1, 0.15) is 11.0 Å². The Balaban J connectivity index is 3.20. The standard InChI is InChI=1S/C11H14ClNO3S/c1-3-10(17(2,15)16)11(13-14)8-4-6-9(12)7-5-8/h4-7,10,14H,3H2,1-2H3/b13-11-/t10-/m0/s1. The van der Waals surface area contributed by atoms with Gasteiger partial charge in [0.15, 0.2) is 9.84 Å². The molecule has 1 aromatic rings. The normalized spacial score (nSPS) is 14.6. The molecule has 6 heteroatoms. The SMILES string of the molecule is CC[C@@H](/C(=N\O)c1ccc(Cl)cc1)S(C)(=O)=O. The van der Waals surface area contributed by atoms with E-state index >= 15 is 0 Å². The van der Waals surface area contributed by atoms with Crippen molar-refractivity contribution in [3.05, 3.63) is 34.9 Å². The van der Waals surface area contributed by atoms with E-state index in [0.717, 1.165) is 6.26 Å². The molecule has 0 saturated heterocycles. The first-order valence-corrected chi connectivity index (χ1v) is 7.40. The summed E-state index contributed by atoms with van der Waals surface area (Å²) >= 11 is 5.74. The third kappa shape index (κ3) is 3.44. The summed E-state index contributed by atoms with van der Waals surface area (Å²) in [6.45, 7) is 1.73. The third-order valence-electron chi connectivity index (χ3n) is 2.44. The van der Waals surface area contributed by atoms with Crippen LogP contribution in [0.3, 0.4) is 0 Å². The minimum atomic E-state index is -3.31. The van der Waals surface area contributed by atoms with E-state index in [9.17, 15) is 8.42 Å². The van der Waals surface area contributed by atoms with Gasteiger partial charge in [0.25, 0.3) is 0 Å². The predicted octanol–water partition coefficient (Wildman–Crippen LogP) is 2.34. The summed E-state index contributed by atoms with van der Waals surface area (Å²) < 4.78 is 23.2. The molecule has 0 saturated carbocycles. The number of hydrogen-bond donors (Lipinski definition) is 1. The molecule has 1 N–H and O–H groups in total. The van der Waals surface area contributed by atoms with E-state index < -0.39 is 15.1 Å². The predicted molar refractivity (Wildman–Crippen MR) is 68.7 cm³/mol. The first kappa shape index (κ1) is 14.0. The Morgan fingerprint density at radius 3 is 2.29 bits per heavy atom. The molecule has 4 nitrogen and oxygen atoms in total. The van der Waals surface area contributed by atoms with Gasteiger partial charge in [-0.25, -0.2) is 8.42 Å². The Morgan fingerprint density at radius 1 is 1.41 bits per heavy atom. The van der Waals surface area contributed by atoms with Gasteiger partial charge in [-0.05, 0) is 18.6 Å². The van der Waals surface area contributed by atoms with Crippen molar-refractivity contribution in [1.29, 1.82) is 0 Å². The van der Waals surface area contributed by atoms with E-state index in [1.54, 1.807) is 31.2 Å². The topological polar surface area (TPSA) is 66.7 Å². The molecule has 0 aliphatic carbocycles. The number of rotatable bonds is 4. The van der Waals surface area contributed by atoms with E-state index in [1.165, 1.54) is 0 Å². The summed E-state index contributed by atoms with van der Waals surface area (Å²) in [5.41, 5.74) is 0.695. The Kier molecular flexibility index (Phi) is 4.54. The van der Waals surface area contributed by atoms with Crippen molar-refractivity contribution >= 4 is 27.1 Å². The van der Waals surface area contributed by atoms with Gasteiger partial charge in [-0.2, -0.15) is 0 Å². The fourth-order valence-corrected chi connectivity index (χ4v) is 2.95. The average Bonchev–Trinajstić information content (AvgIpc) is 2.25. The van der Waals surface area contributed by atoms with Crippen molar-refractivity contribution in [2.45, 2.75) is 18.6 Å². The van der Waals surface area contributed by atoms with Crippen LogP contribution in [-0.2, 0) is 9.84 Å². The lowest BCUT2D eigenvalue weighted by Crippen LogP contribution is -2.29. The monoisotopic (exact) mass is 275 g/mol. The van der Waals surface area contributed by atoms with Gasteiger partial charge < -0.3 is 5.21 Å². The van der Waals surface area contributed by atoms with Gasteiger partial charge in [-0.15, -0.1) is 0 Å². The Morgan fingerprint density at radius 2 is 1.94 bits per heavy atom. The molecule has 0 heterocycles. The molecule has 0 spiro atoms. The first-order chi connectivity index (χ1) is 7.90. The zero-order valence-corrected chi connectivity index (χ0v) is 11.2. The minimum absolute atomic E-state index is 0.145. The summed E-state index contributed by atoms with van der Waals surface area (Å²) in [6.07, 6.45) is 1.48. The van der Waals surface area contributed by atoms with Crippen molar-refractivity contribution in [2.24, 2.45) is 5.16 Å². The third-order valence-corrected chi connectivity index (χ3v) is 4.28. The van der Waals surface area contributed by atoms with Gasteiger partial charge in [0.2, 0.25) is 0 Å². The molecule has 0 aliphatic heterocycles. The van der Waals surface area contributed by atoms with E-state index in [-0.39, 0.29) is 5.71 Å². The molecule has 0 bridgehead atoms. The van der Waals surface area contributed by atoms with E-state index in [2.05, 4.69) is 5.16 Å². The molecule has 0 aliphatic rings. The fraction of sp³-hybridized carbons (Fsp3) is 0.364. The van der Waals surface area contributed by atoms with Crippen LogP contribution in [0.25, 0.3) is 0 Å². The zero-order valence-electron chi connectivity index (χ0n) is 9.59. The number of oxime groups is 1. The van der Waals surface area contributed by atoms with Crippen molar-refractivity contribution in [2.75, 3.05) is 6.26 Å². The maximum Gasteiger partial charge on any atom is 0.156 e. The Labute approximate surface area is 106 Å². The lowest BCUT2D eigenvalue weighted by molar-refractivity contribution is 0.318. The second kappa shape index (κ2) is 5.51. The number of benzene rings is 1. The van der Waals surface area contributed by atoms with Gasteiger partial charge in [-0.3, -0.25) is 0 Å². The summed E-state index contributed by atoms with van der Waals surface area (Å²) in [4.78, 5) is 0. The van der Waals surface area contributed by atoms with E-state index in [1.807, 2.05) is 0 Å². The summed E-state index contributed by atoms with van der Waals surface area (Å²) in [7, 11) is -3.31. The van der Waals surface area contributed by atoms with Crippen LogP contribution in [0.1, 0.15) is 18.9 Å². The molecule has 1 aromatic carbocycles. The van der Waals surface area contributed by atoms with E-state index in [4.69, 9.17) is 16.8 Å². The van der Waals surface area contributed by atoms with Gasteiger partial charge in [-0.1, -0.05) is 35.8 Å². The Hall–Kier alpha value is -1.07. The molecule has 0 unspecified atom stereocenters. The number of nitrogens with zero attached hydrogens (tertiary/aromatic N) is 1. The highest BCUT2D eigenvalue weighted by molar-refractivity contribution is 7.92. The van der Waals surface area contributed by atoms with Crippen LogP contribution in [0.15, 0.2) is 29.4 Å². The molecule has 0 radical (unpaired) electrons. The second-order valence-electron chi connectivity index (χ2n) is 3.72. The quantitative estimate of drug-likeness (QED) is 0.521. The summed E-state index contributed by atoms with van der Waals surface area (Å²) in [5.74, 6) is 0. The van der Waals surface area contributed by atoms with Gasteiger partial charge >= 0.3 is 0 Å². The van der Waals surface area contributed by atoms with Crippen molar-refractivity contribution in [3.63, 3.8) is 0 Å².